The number of hydrogen-bond donors (Lipinski definition) is 2. The molecule has 0 bridgehead atoms. The van der Waals surface area contributed by atoms with Crippen molar-refractivity contribution in [3.05, 3.63) is 41.6 Å². The second kappa shape index (κ2) is 14.6. The molecule has 4 heterocycles. The highest BCUT2D eigenvalue weighted by Crippen LogP contribution is 2.36. The molecule has 9 heteroatoms. The van der Waals surface area contributed by atoms with E-state index in [2.05, 4.69) is 42.1 Å². The maximum Gasteiger partial charge on any atom is 0.336 e. The number of halogens is 2. The van der Waals surface area contributed by atoms with Crippen molar-refractivity contribution in [1.29, 1.82) is 0 Å². The SMILES string of the molecule is C1CCC2NCCCC2C1.O=C(O)c1csc(Br)c1.O=C(c1csc(Br)c1)N1CCCC2CCCCC21. The smallest absolute Gasteiger partial charge is 0.336 e. The van der Waals surface area contributed by atoms with Crippen LogP contribution >= 0.6 is 54.5 Å². The van der Waals surface area contributed by atoms with E-state index in [0.717, 1.165) is 37.6 Å². The molecule has 0 spiro atoms. The fourth-order valence-corrected chi connectivity index (χ4v) is 8.62. The highest BCUT2D eigenvalue weighted by molar-refractivity contribution is 9.11. The molecule has 204 valence electrons. The van der Waals surface area contributed by atoms with E-state index in [1.165, 1.54) is 94.9 Å². The van der Waals surface area contributed by atoms with Crippen LogP contribution in [0, 0.1) is 11.8 Å². The fourth-order valence-electron chi connectivity index (χ4n) is 6.36. The zero-order chi connectivity index (χ0) is 26.2. The number of nitrogens with one attached hydrogen (secondary N) is 1. The predicted molar refractivity (Wildman–Crippen MR) is 160 cm³/mol. The third kappa shape index (κ3) is 8.37. The van der Waals surface area contributed by atoms with Crippen LogP contribution in [0.2, 0.25) is 0 Å². The molecule has 2 saturated heterocycles. The van der Waals surface area contributed by atoms with E-state index < -0.39 is 5.97 Å². The van der Waals surface area contributed by atoms with Crippen molar-refractivity contribution in [1.82, 2.24) is 10.2 Å². The number of amides is 1. The molecular formula is C28H38Br2N2O3S2. The summed E-state index contributed by atoms with van der Waals surface area (Å²) in [5, 5.41) is 15.6. The van der Waals surface area contributed by atoms with Crippen molar-refractivity contribution >= 4 is 66.4 Å². The van der Waals surface area contributed by atoms with Crippen molar-refractivity contribution in [2.24, 2.45) is 11.8 Å². The summed E-state index contributed by atoms with van der Waals surface area (Å²) in [7, 11) is 0. The molecule has 37 heavy (non-hydrogen) atoms. The molecule has 4 atom stereocenters. The molecule has 2 aliphatic carbocycles. The minimum absolute atomic E-state index is 0.244. The number of rotatable bonds is 2. The Kier molecular flexibility index (Phi) is 11.5. The van der Waals surface area contributed by atoms with Gasteiger partial charge in [-0.25, -0.2) is 4.79 Å². The van der Waals surface area contributed by atoms with Crippen LogP contribution in [-0.4, -0.2) is 47.1 Å². The molecule has 2 aliphatic heterocycles. The van der Waals surface area contributed by atoms with Gasteiger partial charge in [-0.05, 0) is 114 Å². The van der Waals surface area contributed by atoms with Gasteiger partial charge in [-0.3, -0.25) is 4.79 Å². The number of piperidine rings is 2. The highest BCUT2D eigenvalue weighted by Gasteiger charge is 2.36. The van der Waals surface area contributed by atoms with Gasteiger partial charge in [0.1, 0.15) is 0 Å². The Balaban J connectivity index is 0.000000143. The van der Waals surface area contributed by atoms with Crippen molar-refractivity contribution in [3.63, 3.8) is 0 Å². The Morgan fingerprint density at radius 3 is 2.03 bits per heavy atom. The Morgan fingerprint density at radius 2 is 1.41 bits per heavy atom. The maximum absolute atomic E-state index is 12.6. The van der Waals surface area contributed by atoms with Gasteiger partial charge in [0.2, 0.25) is 0 Å². The van der Waals surface area contributed by atoms with E-state index in [4.69, 9.17) is 5.11 Å². The number of carbonyl (C=O) groups is 2. The lowest BCUT2D eigenvalue weighted by Gasteiger charge is -2.44. The largest absolute Gasteiger partial charge is 0.478 e. The Bertz CT molecular complexity index is 999. The van der Waals surface area contributed by atoms with Crippen LogP contribution in [0.1, 0.15) is 97.8 Å². The molecule has 4 fully saturated rings. The van der Waals surface area contributed by atoms with E-state index in [0.29, 0.717) is 11.6 Å². The van der Waals surface area contributed by atoms with Crippen LogP contribution in [0.3, 0.4) is 0 Å². The lowest BCUT2D eigenvalue weighted by atomic mass is 9.78. The summed E-state index contributed by atoms with van der Waals surface area (Å²) in [6, 6.07) is 4.95. The van der Waals surface area contributed by atoms with Crippen molar-refractivity contribution in [2.45, 2.75) is 89.1 Å². The first-order chi connectivity index (χ1) is 17.9. The molecule has 2 N–H and O–H groups in total. The van der Waals surface area contributed by atoms with Gasteiger partial charge >= 0.3 is 5.97 Å². The zero-order valence-electron chi connectivity index (χ0n) is 21.3. The quantitative estimate of drug-likeness (QED) is 0.336. The zero-order valence-corrected chi connectivity index (χ0v) is 26.1. The standard InChI is InChI=1S/C14H18BrNOS.C9H17N.C5H3BrO2S/c15-13-8-11(9-18-13)14(17)16-7-3-5-10-4-1-2-6-12(10)16;1-2-6-9-8(4-1)5-3-7-10-9;6-4-1-3(2-9-4)5(7)8/h8-10,12H,1-7H2;8-10H,1-7H2;1-2H,(H,7,8). The second-order valence-electron chi connectivity index (χ2n) is 10.6. The lowest BCUT2D eigenvalue weighted by Crippen LogP contribution is -2.49. The summed E-state index contributed by atoms with van der Waals surface area (Å²) in [5.41, 5.74) is 1.20. The average molecular weight is 675 g/mol. The summed E-state index contributed by atoms with van der Waals surface area (Å²) in [6.07, 6.45) is 16.5. The minimum Gasteiger partial charge on any atom is -0.478 e. The van der Waals surface area contributed by atoms with Crippen LogP contribution in [-0.2, 0) is 0 Å². The van der Waals surface area contributed by atoms with Gasteiger partial charge in [-0.2, -0.15) is 0 Å². The summed E-state index contributed by atoms with van der Waals surface area (Å²) in [6.45, 7) is 2.23. The third-order valence-electron chi connectivity index (χ3n) is 8.20. The number of carboxylic acids is 1. The molecule has 4 aliphatic rings. The number of hydrogen-bond acceptors (Lipinski definition) is 5. The minimum atomic E-state index is -0.878. The molecule has 0 radical (unpaired) electrons. The first-order valence-corrected chi connectivity index (χ1v) is 17.0. The summed E-state index contributed by atoms with van der Waals surface area (Å²) >= 11 is 9.56. The monoisotopic (exact) mass is 672 g/mol. The van der Waals surface area contributed by atoms with Gasteiger partial charge in [0.25, 0.3) is 5.91 Å². The van der Waals surface area contributed by atoms with Crippen molar-refractivity contribution in [2.75, 3.05) is 13.1 Å². The number of carbonyl (C=O) groups excluding carboxylic acids is 1. The molecule has 2 aromatic heterocycles. The lowest BCUT2D eigenvalue weighted by molar-refractivity contribution is 0.0391. The van der Waals surface area contributed by atoms with Crippen molar-refractivity contribution in [3.8, 4) is 0 Å². The van der Waals surface area contributed by atoms with E-state index in [-0.39, 0.29) is 5.91 Å². The van der Waals surface area contributed by atoms with E-state index in [1.807, 2.05) is 11.4 Å². The number of carboxylic acid groups (broad SMARTS) is 1. The first kappa shape index (κ1) is 29.2. The number of thiophene rings is 2. The maximum atomic E-state index is 12.6. The molecule has 0 aromatic carbocycles. The van der Waals surface area contributed by atoms with E-state index in [1.54, 1.807) is 22.8 Å². The van der Waals surface area contributed by atoms with Crippen LogP contribution in [0.15, 0.2) is 30.5 Å². The number of likely N-dealkylation sites (tertiary alicyclic amines) is 1. The van der Waals surface area contributed by atoms with E-state index in [9.17, 15) is 9.59 Å². The average Bonchev–Trinajstić information content (AvgIpc) is 3.57. The topological polar surface area (TPSA) is 69.6 Å². The van der Waals surface area contributed by atoms with Crippen LogP contribution < -0.4 is 5.32 Å². The summed E-state index contributed by atoms with van der Waals surface area (Å²) in [4.78, 5) is 24.9. The van der Waals surface area contributed by atoms with Gasteiger partial charge in [-0.15, -0.1) is 22.7 Å². The highest BCUT2D eigenvalue weighted by atomic mass is 79.9. The molecule has 2 saturated carbocycles. The normalized spacial score (nSPS) is 26.9. The van der Waals surface area contributed by atoms with Crippen LogP contribution in [0.4, 0.5) is 0 Å². The van der Waals surface area contributed by atoms with Gasteiger partial charge in [0, 0.05) is 29.4 Å². The van der Waals surface area contributed by atoms with Crippen LogP contribution in [0.25, 0.3) is 0 Å². The van der Waals surface area contributed by atoms with Gasteiger partial charge in [-0.1, -0.05) is 25.7 Å². The third-order valence-corrected chi connectivity index (χ3v) is 11.2. The predicted octanol–water partition coefficient (Wildman–Crippen LogP) is 8.44. The Labute approximate surface area is 245 Å². The van der Waals surface area contributed by atoms with Crippen LogP contribution in [0.5, 0.6) is 0 Å². The molecule has 6 rings (SSSR count). The second-order valence-corrected chi connectivity index (χ2v) is 15.2. The van der Waals surface area contributed by atoms with Gasteiger partial charge < -0.3 is 15.3 Å². The van der Waals surface area contributed by atoms with E-state index >= 15 is 0 Å². The summed E-state index contributed by atoms with van der Waals surface area (Å²) in [5.74, 6) is 1.17. The number of aromatic carboxylic acids is 1. The Morgan fingerprint density at radius 1 is 0.811 bits per heavy atom. The van der Waals surface area contributed by atoms with Gasteiger partial charge in [0.15, 0.2) is 0 Å². The molecular weight excluding hydrogens is 636 g/mol. The Hall–Kier alpha value is -0.740. The van der Waals surface area contributed by atoms with Gasteiger partial charge in [0.05, 0.1) is 18.7 Å². The fraction of sp³-hybridized carbons (Fsp3) is 0.643. The number of fused-ring (bicyclic) bond motifs is 2. The molecule has 1 amide bonds. The molecule has 2 aromatic rings. The summed E-state index contributed by atoms with van der Waals surface area (Å²) < 4.78 is 1.89. The molecule has 4 unspecified atom stereocenters. The first-order valence-electron chi connectivity index (χ1n) is 13.7. The van der Waals surface area contributed by atoms with Crippen molar-refractivity contribution < 1.29 is 14.7 Å². The number of nitrogens with zero attached hydrogens (tertiary/aromatic N) is 1. The molecule has 5 nitrogen and oxygen atoms in total.